The summed E-state index contributed by atoms with van der Waals surface area (Å²) in [6.07, 6.45) is 11.5. The Kier molecular flexibility index (Phi) is 4.89. The molecule has 5 rings (SSSR count). The van der Waals surface area contributed by atoms with Gasteiger partial charge in [0, 0.05) is 43.0 Å². The van der Waals surface area contributed by atoms with E-state index in [9.17, 15) is 4.79 Å². The molecule has 9 nitrogen and oxygen atoms in total. The van der Waals surface area contributed by atoms with Crippen molar-refractivity contribution in [2.45, 2.75) is 44.7 Å². The number of nitrogens with zero attached hydrogens (tertiary/aromatic N) is 8. The molecule has 1 aliphatic carbocycles. The third-order valence-electron chi connectivity index (χ3n) is 5.72. The number of hydrogen-bond donors (Lipinski definition) is 0. The fourth-order valence-corrected chi connectivity index (χ4v) is 3.85. The van der Waals surface area contributed by atoms with E-state index in [1.54, 1.807) is 27.8 Å². The third kappa shape index (κ3) is 4.24. The highest BCUT2D eigenvalue weighted by Crippen LogP contribution is 2.37. The topological polar surface area (TPSA) is 94.6 Å². The predicted molar refractivity (Wildman–Crippen MR) is 105 cm³/mol. The van der Waals surface area contributed by atoms with Crippen molar-refractivity contribution in [1.29, 1.82) is 0 Å². The van der Waals surface area contributed by atoms with Crippen LogP contribution in [0.25, 0.3) is 5.82 Å². The molecule has 2 aliphatic rings. The fourth-order valence-electron chi connectivity index (χ4n) is 3.85. The minimum Gasteiger partial charge on any atom is -0.299 e. The van der Waals surface area contributed by atoms with Gasteiger partial charge in [-0.25, -0.2) is 24.3 Å². The maximum Gasteiger partial charge on any atom is 0.266 e. The van der Waals surface area contributed by atoms with Crippen LogP contribution in [-0.4, -0.2) is 52.5 Å². The van der Waals surface area contributed by atoms with Crippen molar-refractivity contribution in [1.82, 2.24) is 39.4 Å². The summed E-state index contributed by atoms with van der Waals surface area (Å²) >= 11 is 0. The molecular weight excluding hydrogens is 368 g/mol. The molecule has 0 atom stereocenters. The molecule has 3 aromatic heterocycles. The fraction of sp³-hybridized carbons (Fsp3) is 0.500. The quantitative estimate of drug-likeness (QED) is 0.626. The van der Waals surface area contributed by atoms with Crippen molar-refractivity contribution in [3.8, 4) is 5.82 Å². The molecule has 0 aromatic carbocycles. The van der Waals surface area contributed by atoms with Crippen LogP contribution in [0.3, 0.4) is 0 Å². The lowest BCUT2D eigenvalue weighted by atomic mass is 9.96. The Morgan fingerprint density at radius 1 is 1.03 bits per heavy atom. The summed E-state index contributed by atoms with van der Waals surface area (Å²) in [5.41, 5.74) is 1.09. The third-order valence-corrected chi connectivity index (χ3v) is 5.72. The molecule has 150 valence electrons. The number of rotatable bonds is 6. The zero-order valence-corrected chi connectivity index (χ0v) is 16.3. The number of piperidine rings is 1. The van der Waals surface area contributed by atoms with Gasteiger partial charge in [-0.15, -0.1) is 5.10 Å². The minimum atomic E-state index is -0.0794. The molecule has 0 N–H and O–H groups in total. The van der Waals surface area contributed by atoms with Gasteiger partial charge in [-0.2, -0.15) is 5.10 Å². The first-order valence-corrected chi connectivity index (χ1v) is 10.2. The highest BCUT2D eigenvalue weighted by Gasteiger charge is 2.26. The number of aromatic nitrogens is 7. The summed E-state index contributed by atoms with van der Waals surface area (Å²) in [6.45, 7) is 3.53. The lowest BCUT2D eigenvalue weighted by Gasteiger charge is -2.31. The lowest BCUT2D eigenvalue weighted by molar-refractivity contribution is 0.163. The van der Waals surface area contributed by atoms with Gasteiger partial charge >= 0.3 is 0 Å². The second kappa shape index (κ2) is 7.82. The Balaban J connectivity index is 1.17. The Bertz CT molecular complexity index is 1000. The summed E-state index contributed by atoms with van der Waals surface area (Å²) in [7, 11) is 0. The second-order valence-electron chi connectivity index (χ2n) is 8.00. The van der Waals surface area contributed by atoms with Crippen LogP contribution in [0.5, 0.6) is 0 Å². The van der Waals surface area contributed by atoms with E-state index in [1.807, 2.05) is 12.4 Å². The maximum absolute atomic E-state index is 12.2. The monoisotopic (exact) mass is 392 g/mol. The molecule has 4 heterocycles. The first-order valence-electron chi connectivity index (χ1n) is 10.2. The molecule has 1 saturated carbocycles. The van der Waals surface area contributed by atoms with Crippen LogP contribution in [0, 0.1) is 5.92 Å². The van der Waals surface area contributed by atoms with E-state index in [1.165, 1.54) is 24.7 Å². The Hall–Kier alpha value is -2.94. The molecule has 0 spiro atoms. The van der Waals surface area contributed by atoms with Gasteiger partial charge in [-0.1, -0.05) is 0 Å². The van der Waals surface area contributed by atoms with Gasteiger partial charge in [0.25, 0.3) is 5.56 Å². The van der Waals surface area contributed by atoms with Crippen LogP contribution in [0.1, 0.15) is 43.0 Å². The lowest BCUT2D eigenvalue weighted by Crippen LogP contribution is -2.36. The largest absolute Gasteiger partial charge is 0.299 e. The zero-order valence-electron chi connectivity index (χ0n) is 16.3. The highest BCUT2D eigenvalue weighted by molar-refractivity contribution is 5.16. The maximum atomic E-state index is 12.2. The van der Waals surface area contributed by atoms with Gasteiger partial charge in [0.15, 0.2) is 5.82 Å². The standard InChI is InChI=1S/C20H24N8O/c29-19-4-3-18(28-14-21-13-24-28)25-27(19)12-15-5-7-26(8-6-15)11-16-9-22-20(23-10-16)17-1-2-17/h3-4,9-10,13-15,17H,1-2,5-8,11-12H2. The molecule has 29 heavy (non-hydrogen) atoms. The smallest absolute Gasteiger partial charge is 0.266 e. The Labute approximate surface area is 168 Å². The summed E-state index contributed by atoms with van der Waals surface area (Å²) in [5, 5.41) is 8.54. The van der Waals surface area contributed by atoms with Crippen molar-refractivity contribution in [3.05, 3.63) is 58.9 Å². The molecule has 0 radical (unpaired) electrons. The second-order valence-corrected chi connectivity index (χ2v) is 8.00. The van der Waals surface area contributed by atoms with Gasteiger partial charge in [0.1, 0.15) is 18.5 Å². The van der Waals surface area contributed by atoms with Crippen LogP contribution < -0.4 is 5.56 Å². The summed E-state index contributed by atoms with van der Waals surface area (Å²) in [4.78, 5) is 27.6. The van der Waals surface area contributed by atoms with Crippen LogP contribution in [-0.2, 0) is 13.1 Å². The molecule has 0 bridgehead atoms. The zero-order chi connectivity index (χ0) is 19.6. The summed E-state index contributed by atoms with van der Waals surface area (Å²) in [5.74, 6) is 2.64. The van der Waals surface area contributed by atoms with Crippen molar-refractivity contribution in [2.24, 2.45) is 5.92 Å². The average Bonchev–Trinajstić information content (AvgIpc) is 3.45. The summed E-state index contributed by atoms with van der Waals surface area (Å²) < 4.78 is 3.12. The van der Waals surface area contributed by atoms with E-state index in [2.05, 4.69) is 30.0 Å². The van der Waals surface area contributed by atoms with E-state index in [0.717, 1.165) is 38.3 Å². The van der Waals surface area contributed by atoms with Crippen LogP contribution in [0.4, 0.5) is 0 Å². The van der Waals surface area contributed by atoms with E-state index in [-0.39, 0.29) is 5.56 Å². The molecule has 2 fully saturated rings. The van der Waals surface area contributed by atoms with Crippen LogP contribution >= 0.6 is 0 Å². The average molecular weight is 392 g/mol. The van der Waals surface area contributed by atoms with Crippen molar-refractivity contribution in [3.63, 3.8) is 0 Å². The van der Waals surface area contributed by atoms with E-state index in [4.69, 9.17) is 0 Å². The van der Waals surface area contributed by atoms with Crippen molar-refractivity contribution >= 4 is 0 Å². The van der Waals surface area contributed by atoms with E-state index < -0.39 is 0 Å². The van der Waals surface area contributed by atoms with Gasteiger partial charge in [0.05, 0.1) is 0 Å². The molecular formula is C20H24N8O. The van der Waals surface area contributed by atoms with Gasteiger partial charge in [-0.05, 0) is 50.8 Å². The number of hydrogen-bond acceptors (Lipinski definition) is 7. The molecule has 9 heteroatoms. The molecule has 0 amide bonds. The van der Waals surface area contributed by atoms with E-state index in [0.29, 0.717) is 24.2 Å². The number of likely N-dealkylation sites (tertiary alicyclic amines) is 1. The Morgan fingerprint density at radius 3 is 2.52 bits per heavy atom. The van der Waals surface area contributed by atoms with Crippen molar-refractivity contribution in [2.75, 3.05) is 13.1 Å². The predicted octanol–water partition coefficient (Wildman–Crippen LogP) is 1.40. The van der Waals surface area contributed by atoms with Gasteiger partial charge in [-0.3, -0.25) is 9.69 Å². The highest BCUT2D eigenvalue weighted by atomic mass is 16.1. The van der Waals surface area contributed by atoms with Gasteiger partial charge in [0.2, 0.25) is 0 Å². The molecule has 1 saturated heterocycles. The van der Waals surface area contributed by atoms with E-state index >= 15 is 0 Å². The van der Waals surface area contributed by atoms with Crippen LogP contribution in [0.2, 0.25) is 0 Å². The molecule has 1 aliphatic heterocycles. The SMILES string of the molecule is O=c1ccc(-n2cncn2)nn1CC1CCN(Cc2cnc(C3CC3)nc2)CC1. The summed E-state index contributed by atoms with van der Waals surface area (Å²) in [6, 6.07) is 3.22. The minimum absolute atomic E-state index is 0.0794. The first-order chi connectivity index (χ1) is 14.2. The Morgan fingerprint density at radius 2 is 1.83 bits per heavy atom. The first kappa shape index (κ1) is 18.1. The molecule has 0 unspecified atom stereocenters. The van der Waals surface area contributed by atoms with Crippen molar-refractivity contribution < 1.29 is 0 Å². The van der Waals surface area contributed by atoms with Gasteiger partial charge < -0.3 is 0 Å². The molecule has 3 aromatic rings. The van der Waals surface area contributed by atoms with Crippen LogP contribution in [0.15, 0.2) is 42.0 Å². The normalized spacial score (nSPS) is 18.2.